The molecule has 0 fully saturated rings. The third-order valence-electron chi connectivity index (χ3n) is 5.49. The summed E-state index contributed by atoms with van der Waals surface area (Å²) in [7, 11) is 13.2. The summed E-state index contributed by atoms with van der Waals surface area (Å²) in [6.45, 7) is 8.03. The summed E-state index contributed by atoms with van der Waals surface area (Å²) in [5, 5.41) is 30.9. The van der Waals surface area contributed by atoms with Crippen molar-refractivity contribution < 1.29 is 0 Å². The van der Waals surface area contributed by atoms with Crippen LogP contribution in [0.4, 0.5) is 0 Å². The van der Waals surface area contributed by atoms with E-state index < -0.39 is 0 Å². The molecule has 0 aliphatic carbocycles. The fourth-order valence-electron chi connectivity index (χ4n) is 2.95. The average molecular weight is 633 g/mol. The van der Waals surface area contributed by atoms with E-state index >= 15 is 0 Å². The van der Waals surface area contributed by atoms with E-state index in [-0.39, 0.29) is 0 Å². The molecule has 0 N–H and O–H groups in total. The first kappa shape index (κ1) is 38.4. The third-order valence-corrected chi connectivity index (χ3v) is 5.49. The van der Waals surface area contributed by atoms with Gasteiger partial charge in [0.1, 0.15) is 12.7 Å². The topological polar surface area (TPSA) is 151 Å². The number of hydrogen-bond acceptors (Lipinski definition) is 9. The Balaban J connectivity index is 0.000000269. The highest BCUT2D eigenvalue weighted by atomic mass is 15.4. The fourth-order valence-corrected chi connectivity index (χ4v) is 2.95. The molecule has 0 aliphatic heterocycles. The Bertz CT molecular complexity index is 1450. The molecule has 0 amide bonds. The van der Waals surface area contributed by atoms with Gasteiger partial charge in [0.15, 0.2) is 0 Å². The van der Waals surface area contributed by atoms with E-state index in [2.05, 4.69) is 51.8 Å². The van der Waals surface area contributed by atoms with Gasteiger partial charge in [0.25, 0.3) is 0 Å². The minimum atomic E-state index is 1.07. The summed E-state index contributed by atoms with van der Waals surface area (Å²) in [5.74, 6) is 0. The van der Waals surface area contributed by atoms with Crippen LogP contribution in [0.5, 0.6) is 0 Å². The van der Waals surface area contributed by atoms with Crippen molar-refractivity contribution in [3.63, 3.8) is 0 Å². The summed E-state index contributed by atoms with van der Waals surface area (Å²) in [4.78, 5) is 5.17. The summed E-state index contributed by atoms with van der Waals surface area (Å²) < 4.78 is 10.6. The summed E-state index contributed by atoms with van der Waals surface area (Å²) in [6, 6.07) is 9.78. The summed E-state index contributed by atoms with van der Waals surface area (Å²) in [6.07, 6.45) is 17.4. The van der Waals surface area contributed by atoms with Gasteiger partial charge >= 0.3 is 0 Å². The van der Waals surface area contributed by atoms with Crippen LogP contribution < -0.4 is 0 Å². The maximum atomic E-state index is 4.13. The highest BCUT2D eigenvalue weighted by Gasteiger charge is 1.91. The monoisotopic (exact) mass is 632 g/mol. The quantitative estimate of drug-likeness (QED) is 0.246. The Kier molecular flexibility index (Phi) is 18.3. The average Bonchev–Trinajstić information content (AvgIpc) is 3.84. The molecular weight excluding hydrogens is 584 g/mol. The zero-order valence-corrected chi connectivity index (χ0v) is 28.8. The number of rotatable bonds is 0. The molecule has 0 aliphatic rings. The van der Waals surface area contributed by atoms with Crippen molar-refractivity contribution in [1.82, 2.24) is 78.7 Å². The maximum absolute atomic E-state index is 4.13. The predicted octanol–water partition coefficient (Wildman–Crippen LogP) is 2.96. The van der Waals surface area contributed by atoms with E-state index in [1.165, 1.54) is 22.5 Å². The van der Waals surface area contributed by atoms with E-state index in [1.54, 1.807) is 63.1 Å². The lowest BCUT2D eigenvalue weighted by Crippen LogP contribution is -1.91. The van der Waals surface area contributed by atoms with Crippen molar-refractivity contribution in [3.8, 4) is 0 Å². The zero-order valence-electron chi connectivity index (χ0n) is 28.8. The Morgan fingerprint density at radius 3 is 1.22 bits per heavy atom. The van der Waals surface area contributed by atoms with Gasteiger partial charge in [-0.1, -0.05) is 0 Å². The molecule has 7 rings (SSSR count). The van der Waals surface area contributed by atoms with Crippen molar-refractivity contribution >= 4 is 0 Å². The Labute approximate surface area is 270 Å². The van der Waals surface area contributed by atoms with Crippen LogP contribution in [0.1, 0.15) is 22.8 Å². The van der Waals surface area contributed by atoms with Gasteiger partial charge in [-0.05, 0) is 58.0 Å². The second kappa shape index (κ2) is 21.9. The van der Waals surface area contributed by atoms with E-state index in [4.69, 9.17) is 0 Å². The van der Waals surface area contributed by atoms with E-state index in [0.29, 0.717) is 0 Å². The zero-order chi connectivity index (χ0) is 34.3. The molecule has 0 spiro atoms. The summed E-state index contributed by atoms with van der Waals surface area (Å²) in [5.41, 5.74) is 4.56. The molecule has 0 radical (unpaired) electrons. The van der Waals surface area contributed by atoms with Gasteiger partial charge in [-0.3, -0.25) is 28.1 Å². The maximum Gasteiger partial charge on any atom is 0.137 e. The van der Waals surface area contributed by atoms with Crippen LogP contribution in [0.2, 0.25) is 0 Å². The number of aryl methyl sites for hydroxylation is 11. The lowest BCUT2D eigenvalue weighted by molar-refractivity contribution is 0.654. The normalized spacial score (nSPS) is 9.20. The molecule has 16 nitrogen and oxygen atoms in total. The molecule has 0 aromatic carbocycles. The molecule has 16 heteroatoms. The van der Waals surface area contributed by atoms with Crippen LogP contribution in [0.25, 0.3) is 0 Å². The van der Waals surface area contributed by atoms with Gasteiger partial charge in [-0.15, -0.1) is 0 Å². The minimum Gasteiger partial charge on any atom is -0.276 e. The highest BCUT2D eigenvalue weighted by Crippen LogP contribution is 1.97. The molecule has 7 aromatic rings. The van der Waals surface area contributed by atoms with Crippen LogP contribution in [-0.2, 0) is 49.3 Å². The van der Waals surface area contributed by atoms with E-state index in [9.17, 15) is 0 Å². The van der Waals surface area contributed by atoms with Crippen molar-refractivity contribution in [2.24, 2.45) is 49.3 Å². The van der Waals surface area contributed by atoms with Crippen molar-refractivity contribution in [1.29, 1.82) is 0 Å². The van der Waals surface area contributed by atoms with Gasteiger partial charge in [-0.25, -0.2) is 4.98 Å². The number of nitrogens with zero attached hydrogens (tertiary/aromatic N) is 16. The van der Waals surface area contributed by atoms with Crippen molar-refractivity contribution in [2.75, 3.05) is 0 Å². The van der Waals surface area contributed by atoms with Gasteiger partial charge in [-0.2, -0.15) is 45.6 Å². The molecule has 248 valence electrons. The first-order chi connectivity index (χ1) is 21.9. The third kappa shape index (κ3) is 18.8. The van der Waals surface area contributed by atoms with Gasteiger partial charge < -0.3 is 0 Å². The van der Waals surface area contributed by atoms with Crippen LogP contribution in [-0.4, -0.2) is 78.7 Å². The number of hydrogen-bond donors (Lipinski definition) is 0. The van der Waals surface area contributed by atoms with Crippen LogP contribution in [0.3, 0.4) is 0 Å². The fraction of sp³-hybridized carbons (Fsp3) is 0.367. The lowest BCUT2D eigenvalue weighted by Gasteiger charge is -1.87. The smallest absolute Gasteiger partial charge is 0.137 e. The largest absolute Gasteiger partial charge is 0.276 e. The lowest BCUT2D eigenvalue weighted by atomic mass is 10.4. The molecule has 0 atom stereocenters. The SMILES string of the molecule is Cc1cc(C)n(C)n1.Cc1ccn(C)n1.Cc1ccnn1C.Cn1cccn1.Cn1cccn1.Cn1cncn1.Cn1nccn1. The van der Waals surface area contributed by atoms with Gasteiger partial charge in [0.05, 0.1) is 23.8 Å². The van der Waals surface area contributed by atoms with Crippen molar-refractivity contribution in [2.45, 2.75) is 27.7 Å². The standard InChI is InChI=1S/C6H10N2.2C5H8N2.2C4H6N2.2C3H5N3/c1-5-4-6(2)8(3)7-5;1-5-3-4-7(2)6-5;1-5-3-4-6-7(5)2;2*1-6-4-2-3-5-6;1-6-3-4-2-5-6;1-6-4-2-3-5-6/h4H,1-3H3;2*3-4H,1-2H3;2*2-4H,1H3;2*2-3H,1H3. The Morgan fingerprint density at radius 1 is 0.478 bits per heavy atom. The first-order valence-corrected chi connectivity index (χ1v) is 14.2. The van der Waals surface area contributed by atoms with Crippen molar-refractivity contribution in [3.05, 3.63) is 115 Å². The number of aromatic nitrogens is 16. The van der Waals surface area contributed by atoms with Gasteiger partial charge in [0.2, 0.25) is 0 Å². The van der Waals surface area contributed by atoms with Gasteiger partial charge in [0, 0.05) is 97.9 Å². The predicted molar refractivity (Wildman–Crippen MR) is 177 cm³/mol. The van der Waals surface area contributed by atoms with E-state index in [1.807, 2.05) is 122 Å². The molecule has 0 saturated carbocycles. The molecule has 7 aromatic heterocycles. The van der Waals surface area contributed by atoms with Crippen LogP contribution >= 0.6 is 0 Å². The van der Waals surface area contributed by atoms with Crippen LogP contribution in [0, 0.1) is 27.7 Å². The van der Waals surface area contributed by atoms with Crippen LogP contribution in [0.15, 0.2) is 92.6 Å². The molecule has 46 heavy (non-hydrogen) atoms. The highest BCUT2D eigenvalue weighted by molar-refractivity contribution is 5.05. The second-order valence-electron chi connectivity index (χ2n) is 9.72. The van der Waals surface area contributed by atoms with E-state index in [0.717, 1.165) is 11.4 Å². The Morgan fingerprint density at radius 2 is 1.09 bits per heavy atom. The molecule has 0 bridgehead atoms. The summed E-state index contributed by atoms with van der Waals surface area (Å²) >= 11 is 0. The first-order valence-electron chi connectivity index (χ1n) is 14.2. The molecule has 7 heterocycles. The minimum absolute atomic E-state index is 1.07. The molecule has 0 unspecified atom stereocenters. The Hall–Kier alpha value is -5.67. The molecular formula is C30H48N16. The molecule has 0 saturated heterocycles. The second-order valence-corrected chi connectivity index (χ2v) is 9.72.